The number of rotatable bonds is 2. The Morgan fingerprint density at radius 1 is 1.09 bits per heavy atom. The minimum absolute atomic E-state index is 0.138. The van der Waals surface area contributed by atoms with Gasteiger partial charge in [0.15, 0.2) is 0 Å². The summed E-state index contributed by atoms with van der Waals surface area (Å²) in [7, 11) is 0. The number of carbonyl (C=O) groups is 2. The normalized spacial score (nSPS) is 25.8. The van der Waals surface area contributed by atoms with Crippen LogP contribution in [0.4, 0.5) is 5.69 Å². The Morgan fingerprint density at radius 3 is 2.48 bits per heavy atom. The van der Waals surface area contributed by atoms with Gasteiger partial charge in [-0.15, -0.1) is 0 Å². The number of anilines is 1. The lowest BCUT2D eigenvalue weighted by atomic mass is 9.83. The van der Waals surface area contributed by atoms with E-state index in [-0.39, 0.29) is 24.2 Å². The highest BCUT2D eigenvalue weighted by atomic mass is 16.6. The van der Waals surface area contributed by atoms with Crippen molar-refractivity contribution >= 4 is 17.6 Å². The van der Waals surface area contributed by atoms with Crippen LogP contribution in [0.2, 0.25) is 0 Å². The first-order chi connectivity index (χ1) is 11.1. The molecular weight excluding hydrogens is 290 g/mol. The van der Waals surface area contributed by atoms with Crippen molar-refractivity contribution in [2.45, 2.75) is 25.5 Å². The largest absolute Gasteiger partial charge is 0.444 e. The van der Waals surface area contributed by atoms with Gasteiger partial charge in [0, 0.05) is 11.5 Å². The number of para-hydroxylation sites is 1. The van der Waals surface area contributed by atoms with Crippen molar-refractivity contribution in [2.75, 3.05) is 4.90 Å². The molecule has 1 fully saturated rings. The minimum atomic E-state index is -1.15. The number of benzene rings is 2. The van der Waals surface area contributed by atoms with Crippen molar-refractivity contribution in [1.29, 1.82) is 0 Å². The van der Waals surface area contributed by atoms with E-state index in [1.165, 1.54) is 0 Å². The maximum absolute atomic E-state index is 13.2. The van der Waals surface area contributed by atoms with Crippen LogP contribution in [0.1, 0.15) is 24.5 Å². The van der Waals surface area contributed by atoms with Gasteiger partial charge in [0.2, 0.25) is 5.60 Å². The summed E-state index contributed by atoms with van der Waals surface area (Å²) in [5, 5.41) is 0. The summed E-state index contributed by atoms with van der Waals surface area (Å²) in [6, 6.07) is 17.5. The molecule has 1 amide bonds. The van der Waals surface area contributed by atoms with E-state index in [2.05, 4.69) is 0 Å². The highest BCUT2D eigenvalue weighted by Crippen LogP contribution is 2.51. The summed E-state index contributed by atoms with van der Waals surface area (Å²) in [5.74, 6) is -0.604. The Labute approximate surface area is 134 Å². The molecule has 2 aliphatic heterocycles. The second-order valence-corrected chi connectivity index (χ2v) is 6.21. The Kier molecular flexibility index (Phi) is 3.01. The second-order valence-electron chi connectivity index (χ2n) is 6.21. The van der Waals surface area contributed by atoms with Crippen LogP contribution in [0.25, 0.3) is 0 Å². The minimum Gasteiger partial charge on any atom is -0.444 e. The van der Waals surface area contributed by atoms with Gasteiger partial charge >= 0.3 is 5.97 Å². The monoisotopic (exact) mass is 307 g/mol. The van der Waals surface area contributed by atoms with E-state index < -0.39 is 5.60 Å². The molecule has 0 aliphatic carbocycles. The van der Waals surface area contributed by atoms with E-state index in [1.807, 2.05) is 61.5 Å². The summed E-state index contributed by atoms with van der Waals surface area (Å²) in [6.45, 7) is 2.38. The van der Waals surface area contributed by atoms with Gasteiger partial charge in [-0.25, -0.2) is 0 Å². The number of nitrogens with zero attached hydrogens (tertiary/aromatic N) is 1. The third-order valence-electron chi connectivity index (χ3n) is 4.78. The summed E-state index contributed by atoms with van der Waals surface area (Å²) >= 11 is 0. The Hall–Kier alpha value is -2.62. The smallest absolute Gasteiger partial charge is 0.307 e. The predicted molar refractivity (Wildman–Crippen MR) is 85.6 cm³/mol. The van der Waals surface area contributed by atoms with Crippen molar-refractivity contribution in [3.8, 4) is 0 Å². The van der Waals surface area contributed by atoms with Gasteiger partial charge in [-0.1, -0.05) is 55.5 Å². The van der Waals surface area contributed by atoms with Crippen LogP contribution in [0, 0.1) is 5.92 Å². The van der Waals surface area contributed by atoms with Crippen LogP contribution in [-0.4, -0.2) is 11.9 Å². The van der Waals surface area contributed by atoms with Crippen LogP contribution in [0.15, 0.2) is 54.6 Å². The molecule has 2 aliphatic rings. The molecule has 0 saturated carbocycles. The molecule has 2 aromatic rings. The second kappa shape index (κ2) is 4.95. The first-order valence-electron chi connectivity index (χ1n) is 7.80. The number of fused-ring (bicyclic) bond motifs is 2. The first-order valence-corrected chi connectivity index (χ1v) is 7.80. The molecule has 4 heteroatoms. The first kappa shape index (κ1) is 14.0. The zero-order valence-corrected chi connectivity index (χ0v) is 12.9. The fraction of sp³-hybridized carbons (Fsp3) is 0.263. The maximum atomic E-state index is 13.2. The van der Waals surface area contributed by atoms with Crippen LogP contribution in [0.3, 0.4) is 0 Å². The van der Waals surface area contributed by atoms with Crippen LogP contribution in [-0.2, 0) is 26.5 Å². The Bertz CT molecular complexity index is 786. The SMILES string of the molecule is C[C@@H]1CC(=O)O[C@]12C(=O)N(Cc1ccccc1)c1ccccc12. The van der Waals surface area contributed by atoms with E-state index in [0.717, 1.165) is 16.8 Å². The summed E-state index contributed by atoms with van der Waals surface area (Å²) in [5.41, 5.74) is 1.54. The maximum Gasteiger partial charge on any atom is 0.307 e. The van der Waals surface area contributed by atoms with E-state index in [9.17, 15) is 9.59 Å². The fourth-order valence-corrected chi connectivity index (χ4v) is 3.66. The Morgan fingerprint density at radius 2 is 1.78 bits per heavy atom. The number of hydrogen-bond acceptors (Lipinski definition) is 3. The van der Waals surface area contributed by atoms with Gasteiger partial charge in [0.1, 0.15) is 0 Å². The predicted octanol–water partition coefficient (Wildman–Crippen LogP) is 3.01. The third-order valence-corrected chi connectivity index (χ3v) is 4.78. The molecule has 0 unspecified atom stereocenters. The molecule has 23 heavy (non-hydrogen) atoms. The van der Waals surface area contributed by atoms with Crippen LogP contribution in [0.5, 0.6) is 0 Å². The van der Waals surface area contributed by atoms with Gasteiger partial charge in [0.05, 0.1) is 18.7 Å². The van der Waals surface area contributed by atoms with Gasteiger partial charge in [-0.05, 0) is 11.6 Å². The quantitative estimate of drug-likeness (QED) is 0.801. The molecular formula is C19H17NO3. The molecule has 2 aromatic carbocycles. The molecule has 116 valence electrons. The van der Waals surface area contributed by atoms with Gasteiger partial charge in [-0.2, -0.15) is 0 Å². The molecule has 0 aromatic heterocycles. The molecule has 0 N–H and O–H groups in total. The molecule has 1 saturated heterocycles. The lowest BCUT2D eigenvalue weighted by Crippen LogP contribution is -2.43. The van der Waals surface area contributed by atoms with E-state index in [1.54, 1.807) is 4.90 Å². The molecule has 0 radical (unpaired) electrons. The van der Waals surface area contributed by atoms with E-state index >= 15 is 0 Å². The average molecular weight is 307 g/mol. The number of carbonyl (C=O) groups excluding carboxylic acids is 2. The summed E-state index contributed by atoms with van der Waals surface area (Å²) in [6.07, 6.45) is 0.277. The van der Waals surface area contributed by atoms with Crippen LogP contribution >= 0.6 is 0 Å². The molecule has 4 rings (SSSR count). The number of esters is 1. The summed E-state index contributed by atoms with van der Waals surface area (Å²) in [4.78, 5) is 26.8. The van der Waals surface area contributed by atoms with Gasteiger partial charge < -0.3 is 9.64 Å². The highest BCUT2D eigenvalue weighted by Gasteiger charge is 2.61. The molecule has 4 nitrogen and oxygen atoms in total. The van der Waals surface area contributed by atoms with Crippen molar-refractivity contribution in [2.24, 2.45) is 5.92 Å². The fourth-order valence-electron chi connectivity index (χ4n) is 3.66. The number of amides is 1. The van der Waals surface area contributed by atoms with Gasteiger partial charge in [0.25, 0.3) is 5.91 Å². The zero-order valence-electron chi connectivity index (χ0n) is 12.9. The van der Waals surface area contributed by atoms with Gasteiger partial charge in [-0.3, -0.25) is 9.59 Å². The van der Waals surface area contributed by atoms with Crippen molar-refractivity contribution in [3.05, 3.63) is 65.7 Å². The molecule has 2 atom stereocenters. The van der Waals surface area contributed by atoms with E-state index in [0.29, 0.717) is 6.54 Å². The van der Waals surface area contributed by atoms with Crippen molar-refractivity contribution in [3.63, 3.8) is 0 Å². The van der Waals surface area contributed by atoms with Crippen molar-refractivity contribution in [1.82, 2.24) is 0 Å². The molecule has 2 heterocycles. The topological polar surface area (TPSA) is 46.6 Å². The average Bonchev–Trinajstić information content (AvgIpc) is 2.99. The van der Waals surface area contributed by atoms with Crippen LogP contribution < -0.4 is 4.90 Å². The standard InChI is InChI=1S/C19H17NO3/c1-13-11-17(21)23-19(13)15-9-5-6-10-16(15)20(18(19)22)12-14-7-3-2-4-8-14/h2-10,13H,11-12H2,1H3/t13-,19-/m1/s1. The van der Waals surface area contributed by atoms with E-state index in [4.69, 9.17) is 4.74 Å². The summed E-state index contributed by atoms with van der Waals surface area (Å²) < 4.78 is 5.60. The lowest BCUT2D eigenvalue weighted by Gasteiger charge is -2.26. The molecule has 1 spiro atoms. The number of ether oxygens (including phenoxy) is 1. The third kappa shape index (κ3) is 1.91. The number of hydrogen-bond donors (Lipinski definition) is 0. The molecule has 0 bridgehead atoms. The zero-order chi connectivity index (χ0) is 16.0. The highest BCUT2D eigenvalue weighted by molar-refractivity contribution is 6.09. The lowest BCUT2D eigenvalue weighted by molar-refractivity contribution is -0.159. The Balaban J connectivity index is 1.81. The van der Waals surface area contributed by atoms with Crippen molar-refractivity contribution < 1.29 is 14.3 Å².